The minimum atomic E-state index is -0.0980. The number of hydrogen-bond donors (Lipinski definition) is 1. The third-order valence-corrected chi connectivity index (χ3v) is 4.62. The average Bonchev–Trinajstić information content (AvgIpc) is 3.13. The van der Waals surface area contributed by atoms with E-state index in [0.717, 1.165) is 16.1 Å². The van der Waals surface area contributed by atoms with Gasteiger partial charge in [0, 0.05) is 22.8 Å². The van der Waals surface area contributed by atoms with E-state index in [4.69, 9.17) is 0 Å². The summed E-state index contributed by atoms with van der Waals surface area (Å²) >= 11 is 1.66. The third-order valence-electron chi connectivity index (χ3n) is 3.68. The van der Waals surface area contributed by atoms with Gasteiger partial charge in [-0.2, -0.15) is 0 Å². The zero-order chi connectivity index (χ0) is 15.1. The maximum absolute atomic E-state index is 11.9. The highest BCUT2D eigenvalue weighted by molar-refractivity contribution is 7.14. The van der Waals surface area contributed by atoms with Crippen molar-refractivity contribution in [3.63, 3.8) is 0 Å². The number of aromatic amines is 1. The molecule has 0 saturated heterocycles. The molecule has 1 aromatic carbocycles. The molecular formula is C17H13N3OS. The molecule has 22 heavy (non-hydrogen) atoms. The number of hydrogen-bond acceptors (Lipinski definition) is 3. The number of H-pyrrole nitrogens is 1. The fraction of sp³-hybridized carbons (Fsp3) is 0.0588. The standard InChI is InChI=1S/C17H13N3OS/c1-11-16(17-18-8-7-15(21)20(17)19-11)14-9-13(10-22-14)12-5-3-2-4-6-12/h2-10,19H,1H3. The minimum Gasteiger partial charge on any atom is -0.293 e. The van der Waals surface area contributed by atoms with E-state index in [1.54, 1.807) is 17.5 Å². The van der Waals surface area contributed by atoms with Gasteiger partial charge in [0.2, 0.25) is 0 Å². The predicted octanol–water partition coefficient (Wildman–Crippen LogP) is 3.73. The molecule has 0 aliphatic rings. The van der Waals surface area contributed by atoms with Gasteiger partial charge in [-0.3, -0.25) is 9.89 Å². The Morgan fingerprint density at radius 1 is 1.14 bits per heavy atom. The first-order valence-corrected chi connectivity index (χ1v) is 7.82. The summed E-state index contributed by atoms with van der Waals surface area (Å²) in [5, 5.41) is 5.22. The van der Waals surface area contributed by atoms with Crippen LogP contribution >= 0.6 is 11.3 Å². The number of nitrogens with zero attached hydrogens (tertiary/aromatic N) is 2. The van der Waals surface area contributed by atoms with E-state index in [1.165, 1.54) is 21.7 Å². The number of aryl methyl sites for hydroxylation is 1. The van der Waals surface area contributed by atoms with Gasteiger partial charge < -0.3 is 0 Å². The maximum Gasteiger partial charge on any atom is 0.272 e. The van der Waals surface area contributed by atoms with Crippen LogP contribution in [0.15, 0.2) is 58.8 Å². The largest absolute Gasteiger partial charge is 0.293 e. The Morgan fingerprint density at radius 2 is 1.95 bits per heavy atom. The molecule has 1 N–H and O–H groups in total. The monoisotopic (exact) mass is 307 g/mol. The van der Waals surface area contributed by atoms with Crippen molar-refractivity contribution in [2.75, 3.05) is 0 Å². The number of benzene rings is 1. The lowest BCUT2D eigenvalue weighted by Gasteiger charge is -1.97. The Kier molecular flexibility index (Phi) is 2.94. The predicted molar refractivity (Wildman–Crippen MR) is 89.3 cm³/mol. The van der Waals surface area contributed by atoms with Gasteiger partial charge in [-0.05, 0) is 29.5 Å². The van der Waals surface area contributed by atoms with Gasteiger partial charge in [0.1, 0.15) is 0 Å². The Labute approximate surface area is 130 Å². The summed E-state index contributed by atoms with van der Waals surface area (Å²) in [7, 11) is 0. The minimum absolute atomic E-state index is 0.0980. The quantitative estimate of drug-likeness (QED) is 0.613. The van der Waals surface area contributed by atoms with Gasteiger partial charge in [0.15, 0.2) is 5.65 Å². The molecule has 3 heterocycles. The lowest BCUT2D eigenvalue weighted by Crippen LogP contribution is -2.12. The van der Waals surface area contributed by atoms with Crippen molar-refractivity contribution in [3.05, 3.63) is 70.1 Å². The molecule has 0 amide bonds. The van der Waals surface area contributed by atoms with Crippen molar-refractivity contribution in [2.24, 2.45) is 0 Å². The lowest BCUT2D eigenvalue weighted by atomic mass is 10.1. The van der Waals surface area contributed by atoms with Gasteiger partial charge in [0.05, 0.1) is 5.56 Å². The summed E-state index contributed by atoms with van der Waals surface area (Å²) in [5.74, 6) is 0. The Hall–Kier alpha value is -2.66. The molecule has 0 spiro atoms. The van der Waals surface area contributed by atoms with Crippen molar-refractivity contribution in [3.8, 4) is 21.6 Å². The van der Waals surface area contributed by atoms with E-state index in [1.807, 2.05) is 25.1 Å². The molecule has 0 radical (unpaired) electrons. The van der Waals surface area contributed by atoms with Crippen LogP contribution in [0.2, 0.25) is 0 Å². The third kappa shape index (κ3) is 1.98. The highest BCUT2D eigenvalue weighted by atomic mass is 32.1. The molecule has 0 atom stereocenters. The van der Waals surface area contributed by atoms with Gasteiger partial charge in [0.25, 0.3) is 5.56 Å². The van der Waals surface area contributed by atoms with Crippen LogP contribution in [-0.2, 0) is 0 Å². The molecule has 4 aromatic rings. The van der Waals surface area contributed by atoms with Crippen LogP contribution in [-0.4, -0.2) is 14.6 Å². The first-order valence-electron chi connectivity index (χ1n) is 6.95. The summed E-state index contributed by atoms with van der Waals surface area (Å²) in [6.45, 7) is 1.96. The highest BCUT2D eigenvalue weighted by Gasteiger charge is 2.15. The van der Waals surface area contributed by atoms with Gasteiger partial charge >= 0.3 is 0 Å². The highest BCUT2D eigenvalue weighted by Crippen LogP contribution is 2.35. The zero-order valence-corrected chi connectivity index (χ0v) is 12.7. The van der Waals surface area contributed by atoms with Crippen LogP contribution < -0.4 is 5.56 Å². The van der Waals surface area contributed by atoms with Gasteiger partial charge in [-0.15, -0.1) is 11.3 Å². The molecule has 0 bridgehead atoms. The van der Waals surface area contributed by atoms with Crippen molar-refractivity contribution in [2.45, 2.75) is 6.92 Å². The molecular weight excluding hydrogens is 294 g/mol. The molecule has 108 valence electrons. The van der Waals surface area contributed by atoms with Gasteiger partial charge in [-0.1, -0.05) is 30.3 Å². The van der Waals surface area contributed by atoms with E-state index in [0.29, 0.717) is 5.65 Å². The Bertz CT molecular complexity index is 1010. The SMILES string of the molecule is Cc1[nH]n2c(=O)ccnc2c1-c1cc(-c2ccccc2)cs1. The molecule has 3 aromatic heterocycles. The Balaban J connectivity index is 1.90. The molecule has 0 fully saturated rings. The smallest absolute Gasteiger partial charge is 0.272 e. The van der Waals surface area contributed by atoms with Crippen LogP contribution in [0.4, 0.5) is 0 Å². The van der Waals surface area contributed by atoms with Crippen LogP contribution in [0.1, 0.15) is 5.69 Å². The molecule has 5 heteroatoms. The second-order valence-corrected chi connectivity index (χ2v) is 6.03. The maximum atomic E-state index is 11.9. The molecule has 0 saturated carbocycles. The van der Waals surface area contributed by atoms with Crippen molar-refractivity contribution in [1.82, 2.24) is 14.6 Å². The van der Waals surface area contributed by atoms with Crippen LogP contribution in [0, 0.1) is 6.92 Å². The first-order chi connectivity index (χ1) is 10.7. The van der Waals surface area contributed by atoms with Gasteiger partial charge in [-0.25, -0.2) is 9.50 Å². The van der Waals surface area contributed by atoms with Crippen molar-refractivity contribution in [1.29, 1.82) is 0 Å². The van der Waals surface area contributed by atoms with E-state index in [2.05, 4.69) is 33.7 Å². The second kappa shape index (κ2) is 4.96. The molecule has 0 aliphatic carbocycles. The number of aromatic nitrogens is 3. The second-order valence-electron chi connectivity index (χ2n) is 5.12. The summed E-state index contributed by atoms with van der Waals surface area (Å²) in [4.78, 5) is 17.4. The van der Waals surface area contributed by atoms with Crippen LogP contribution in [0.25, 0.3) is 27.2 Å². The molecule has 4 rings (SSSR count). The Morgan fingerprint density at radius 3 is 2.77 bits per heavy atom. The normalized spacial score (nSPS) is 11.1. The number of fused-ring (bicyclic) bond motifs is 1. The molecule has 0 unspecified atom stereocenters. The topological polar surface area (TPSA) is 50.2 Å². The van der Waals surface area contributed by atoms with E-state index in [9.17, 15) is 4.79 Å². The zero-order valence-electron chi connectivity index (χ0n) is 11.9. The number of rotatable bonds is 2. The van der Waals surface area contributed by atoms with Crippen molar-refractivity contribution < 1.29 is 0 Å². The lowest BCUT2D eigenvalue weighted by molar-refractivity contribution is 0.881. The fourth-order valence-electron chi connectivity index (χ4n) is 2.63. The van der Waals surface area contributed by atoms with E-state index >= 15 is 0 Å². The fourth-order valence-corrected chi connectivity index (χ4v) is 3.64. The van der Waals surface area contributed by atoms with Crippen LogP contribution in [0.3, 0.4) is 0 Å². The number of thiophene rings is 1. The summed E-state index contributed by atoms with van der Waals surface area (Å²) in [6.07, 6.45) is 1.56. The summed E-state index contributed by atoms with van der Waals surface area (Å²) in [5.41, 5.74) is 4.87. The van der Waals surface area contributed by atoms with Crippen LogP contribution in [0.5, 0.6) is 0 Å². The number of nitrogens with one attached hydrogen (secondary N) is 1. The molecule has 4 nitrogen and oxygen atoms in total. The summed E-state index contributed by atoms with van der Waals surface area (Å²) in [6, 6.07) is 13.9. The van der Waals surface area contributed by atoms with E-state index in [-0.39, 0.29) is 5.56 Å². The average molecular weight is 307 g/mol. The molecule has 0 aliphatic heterocycles. The van der Waals surface area contributed by atoms with E-state index < -0.39 is 0 Å². The first kappa shape index (κ1) is 13.0. The summed E-state index contributed by atoms with van der Waals surface area (Å²) < 4.78 is 1.49. The van der Waals surface area contributed by atoms with Crippen molar-refractivity contribution >= 4 is 17.0 Å².